The van der Waals surface area contributed by atoms with E-state index in [1.54, 1.807) is 19.1 Å². The molecule has 1 amide bonds. The van der Waals surface area contributed by atoms with E-state index in [-0.39, 0.29) is 54.7 Å². The molecule has 39 heavy (non-hydrogen) atoms. The summed E-state index contributed by atoms with van der Waals surface area (Å²) in [7, 11) is -7.33. The maximum Gasteiger partial charge on any atom is 0.271 e. The van der Waals surface area contributed by atoms with Crippen molar-refractivity contribution in [3.05, 3.63) is 58.1 Å². The van der Waals surface area contributed by atoms with Gasteiger partial charge in [-0.15, -0.1) is 0 Å². The summed E-state index contributed by atoms with van der Waals surface area (Å²) in [5.41, 5.74) is 0.527. The maximum atomic E-state index is 12.7. The Morgan fingerprint density at radius 1 is 1.13 bits per heavy atom. The number of anilines is 1. The monoisotopic (exact) mass is 584 g/mol. The molecule has 1 heterocycles. The molecule has 1 fully saturated rings. The molecule has 0 atom stereocenters. The fourth-order valence-corrected chi connectivity index (χ4v) is 6.34. The van der Waals surface area contributed by atoms with Crippen LogP contribution in [0.4, 0.5) is 11.4 Å². The highest BCUT2D eigenvalue weighted by molar-refractivity contribution is 7.92. The molecule has 0 saturated carbocycles. The topological polar surface area (TPSA) is 165 Å². The number of rotatable bonds is 13. The van der Waals surface area contributed by atoms with Crippen LogP contribution in [-0.2, 0) is 29.6 Å². The summed E-state index contributed by atoms with van der Waals surface area (Å²) in [5, 5.41) is 13.8. The number of nitro benzene ring substituents is 1. The summed E-state index contributed by atoms with van der Waals surface area (Å²) in [4.78, 5) is 22.9. The van der Waals surface area contributed by atoms with Crippen LogP contribution < -0.4 is 14.4 Å². The Bertz CT molecular complexity index is 1370. The highest BCUT2D eigenvalue weighted by Gasteiger charge is 2.26. The third-order valence-corrected chi connectivity index (χ3v) is 9.05. The van der Waals surface area contributed by atoms with E-state index in [1.165, 1.54) is 34.6 Å². The summed E-state index contributed by atoms with van der Waals surface area (Å²) in [6, 6.07) is 10.0. The van der Waals surface area contributed by atoms with Crippen LogP contribution in [0.15, 0.2) is 47.4 Å². The van der Waals surface area contributed by atoms with Gasteiger partial charge in [-0.3, -0.25) is 19.2 Å². The number of hydrogen-bond donors (Lipinski definition) is 1. The van der Waals surface area contributed by atoms with E-state index in [0.29, 0.717) is 37.6 Å². The number of amides is 1. The summed E-state index contributed by atoms with van der Waals surface area (Å²) in [6.45, 7) is 3.29. The predicted octanol–water partition coefficient (Wildman–Crippen LogP) is 1.67. The molecule has 1 aliphatic heterocycles. The fourth-order valence-electron chi connectivity index (χ4n) is 3.92. The predicted molar refractivity (Wildman–Crippen MR) is 144 cm³/mol. The van der Waals surface area contributed by atoms with Gasteiger partial charge in [0.25, 0.3) is 5.69 Å². The molecule has 15 heteroatoms. The lowest BCUT2D eigenvalue weighted by molar-refractivity contribution is -0.384. The van der Waals surface area contributed by atoms with Crippen molar-refractivity contribution in [2.45, 2.75) is 24.7 Å². The van der Waals surface area contributed by atoms with Crippen LogP contribution in [0.1, 0.15) is 18.4 Å². The van der Waals surface area contributed by atoms with E-state index in [0.717, 1.165) is 10.6 Å². The number of non-ortho nitro benzene ring substituents is 1. The smallest absolute Gasteiger partial charge is 0.271 e. The summed E-state index contributed by atoms with van der Waals surface area (Å²) >= 11 is 0. The zero-order chi connectivity index (χ0) is 28.6. The molecule has 3 rings (SSSR count). The average Bonchev–Trinajstić information content (AvgIpc) is 2.89. The Hall–Kier alpha value is -3.27. The minimum Gasteiger partial charge on any atom is -0.492 e. The number of carbonyl (C=O) groups excluding carboxylic acids is 1. The molecule has 0 aromatic heterocycles. The first kappa shape index (κ1) is 30.3. The number of ether oxygens (including phenoxy) is 2. The van der Waals surface area contributed by atoms with Gasteiger partial charge in [0, 0.05) is 38.2 Å². The number of nitrogens with zero attached hydrogens (tertiary/aromatic N) is 3. The lowest BCUT2D eigenvalue weighted by Crippen LogP contribution is -2.40. The zero-order valence-corrected chi connectivity index (χ0v) is 23.4. The molecule has 214 valence electrons. The molecular weight excluding hydrogens is 552 g/mol. The molecule has 2 aromatic rings. The standard InChI is InChI=1S/C24H32N4O9S2/c1-19-5-6-20(28(30)31)18-23(19)27(38(2,32)33)12-3-4-24(29)25-11-15-37-21-7-9-22(10-8-21)39(34,35)26-13-16-36-17-14-26/h5-10,18H,3-4,11-17H2,1-2H3,(H,25,29). The number of morpholine rings is 1. The molecule has 0 spiro atoms. The van der Waals surface area contributed by atoms with E-state index in [2.05, 4.69) is 5.32 Å². The van der Waals surface area contributed by atoms with Gasteiger partial charge in [-0.05, 0) is 43.2 Å². The number of carbonyl (C=O) groups is 1. The van der Waals surface area contributed by atoms with E-state index in [4.69, 9.17) is 9.47 Å². The third-order valence-electron chi connectivity index (χ3n) is 5.96. The van der Waals surface area contributed by atoms with E-state index < -0.39 is 25.0 Å². The van der Waals surface area contributed by atoms with Crippen molar-refractivity contribution in [2.24, 2.45) is 0 Å². The van der Waals surface area contributed by atoms with Crippen LogP contribution in [-0.4, -0.2) is 84.2 Å². The summed E-state index contributed by atoms with van der Waals surface area (Å²) in [5.74, 6) is 0.135. The van der Waals surface area contributed by atoms with Gasteiger partial charge in [-0.1, -0.05) is 6.07 Å². The number of hydrogen-bond acceptors (Lipinski definition) is 9. The molecule has 0 unspecified atom stereocenters. The molecular formula is C24H32N4O9S2. The van der Waals surface area contributed by atoms with Gasteiger partial charge < -0.3 is 14.8 Å². The Kier molecular flexibility index (Phi) is 10.2. The van der Waals surface area contributed by atoms with E-state index >= 15 is 0 Å². The largest absolute Gasteiger partial charge is 0.492 e. The lowest BCUT2D eigenvalue weighted by atomic mass is 10.1. The van der Waals surface area contributed by atoms with Gasteiger partial charge in [0.1, 0.15) is 12.4 Å². The number of sulfonamides is 2. The van der Waals surface area contributed by atoms with Crippen LogP contribution in [0.25, 0.3) is 0 Å². The Morgan fingerprint density at radius 3 is 2.41 bits per heavy atom. The van der Waals surface area contributed by atoms with Crippen LogP contribution in [0.2, 0.25) is 0 Å². The van der Waals surface area contributed by atoms with Gasteiger partial charge in [-0.25, -0.2) is 16.8 Å². The fraction of sp³-hybridized carbons (Fsp3) is 0.458. The van der Waals surface area contributed by atoms with Crippen LogP contribution in [0, 0.1) is 17.0 Å². The highest BCUT2D eigenvalue weighted by Crippen LogP contribution is 2.28. The number of benzene rings is 2. The first-order chi connectivity index (χ1) is 18.4. The quantitative estimate of drug-likeness (QED) is 0.209. The van der Waals surface area contributed by atoms with Crippen molar-refractivity contribution in [3.8, 4) is 5.75 Å². The summed E-state index contributed by atoms with van der Waals surface area (Å²) < 4.78 is 63.2. The SMILES string of the molecule is Cc1ccc([N+](=O)[O-])cc1N(CCCC(=O)NCCOc1ccc(S(=O)(=O)N2CCOCC2)cc1)S(C)(=O)=O. The first-order valence-corrected chi connectivity index (χ1v) is 15.5. The molecule has 13 nitrogen and oxygen atoms in total. The minimum atomic E-state index is -3.74. The van der Waals surface area contributed by atoms with Crippen molar-refractivity contribution >= 4 is 37.3 Å². The zero-order valence-electron chi connectivity index (χ0n) is 21.7. The molecule has 1 aliphatic rings. The van der Waals surface area contributed by atoms with Gasteiger partial charge in [0.2, 0.25) is 26.0 Å². The van der Waals surface area contributed by atoms with Gasteiger partial charge in [-0.2, -0.15) is 4.31 Å². The molecule has 1 saturated heterocycles. The number of nitro groups is 1. The molecule has 0 bridgehead atoms. The second kappa shape index (κ2) is 13.2. The maximum absolute atomic E-state index is 12.7. The van der Waals surface area contributed by atoms with Crippen molar-refractivity contribution in [2.75, 3.05) is 56.6 Å². The lowest BCUT2D eigenvalue weighted by Gasteiger charge is -2.26. The number of aryl methyl sites for hydroxylation is 1. The molecule has 2 aromatic carbocycles. The molecule has 0 radical (unpaired) electrons. The first-order valence-electron chi connectivity index (χ1n) is 12.2. The summed E-state index contributed by atoms with van der Waals surface area (Å²) in [6.07, 6.45) is 1.24. The average molecular weight is 585 g/mol. The van der Waals surface area contributed by atoms with Crippen molar-refractivity contribution in [1.82, 2.24) is 9.62 Å². The Balaban J connectivity index is 1.44. The van der Waals surface area contributed by atoms with Gasteiger partial charge in [0.15, 0.2) is 0 Å². The normalized spacial score (nSPS) is 14.5. The second-order valence-electron chi connectivity index (χ2n) is 8.85. The minimum absolute atomic E-state index is 0.0233. The van der Waals surface area contributed by atoms with Crippen molar-refractivity contribution < 1.29 is 36.0 Å². The molecule has 0 aliphatic carbocycles. The van der Waals surface area contributed by atoms with Crippen LogP contribution in [0.5, 0.6) is 5.75 Å². The Morgan fingerprint density at radius 2 is 1.79 bits per heavy atom. The highest BCUT2D eigenvalue weighted by atomic mass is 32.2. The van der Waals surface area contributed by atoms with E-state index in [9.17, 15) is 31.7 Å². The number of nitrogens with one attached hydrogen (secondary N) is 1. The van der Waals surface area contributed by atoms with Gasteiger partial charge >= 0.3 is 0 Å². The Labute approximate surface area is 227 Å². The molecule has 1 N–H and O–H groups in total. The van der Waals surface area contributed by atoms with E-state index in [1.807, 2.05) is 0 Å². The van der Waals surface area contributed by atoms with Crippen molar-refractivity contribution in [1.29, 1.82) is 0 Å². The van der Waals surface area contributed by atoms with Crippen molar-refractivity contribution in [3.63, 3.8) is 0 Å². The van der Waals surface area contributed by atoms with Gasteiger partial charge in [0.05, 0.1) is 41.5 Å². The van der Waals surface area contributed by atoms with Crippen LogP contribution >= 0.6 is 0 Å². The third kappa shape index (κ3) is 8.36. The second-order valence-corrected chi connectivity index (χ2v) is 12.7. The van der Waals surface area contributed by atoms with Crippen LogP contribution in [0.3, 0.4) is 0 Å².